The van der Waals surface area contributed by atoms with Crippen LogP contribution in [0.15, 0.2) is 24.3 Å². The minimum atomic E-state index is -0.557. The lowest BCUT2D eigenvalue weighted by Gasteiger charge is -2.05. The van der Waals surface area contributed by atoms with E-state index in [-0.39, 0.29) is 11.3 Å². The Morgan fingerprint density at radius 2 is 2.17 bits per heavy atom. The summed E-state index contributed by atoms with van der Waals surface area (Å²) in [7, 11) is 1.26. The summed E-state index contributed by atoms with van der Waals surface area (Å²) in [6.07, 6.45) is 4.97. The number of esters is 1. The van der Waals surface area contributed by atoms with E-state index in [9.17, 15) is 14.9 Å². The second kappa shape index (κ2) is 5.00. The molecule has 1 aromatic carbocycles. The van der Waals surface area contributed by atoms with Gasteiger partial charge in [-0.3, -0.25) is 10.1 Å². The maximum atomic E-state index is 11.5. The molecule has 0 spiro atoms. The highest BCUT2D eigenvalue weighted by Gasteiger charge is 2.17. The molecule has 18 heavy (non-hydrogen) atoms. The van der Waals surface area contributed by atoms with Gasteiger partial charge in [0.25, 0.3) is 5.69 Å². The van der Waals surface area contributed by atoms with Crippen molar-refractivity contribution in [3.8, 4) is 0 Å². The van der Waals surface area contributed by atoms with Crippen molar-refractivity contribution in [3.63, 3.8) is 0 Å². The Morgan fingerprint density at radius 3 is 2.72 bits per heavy atom. The molecular weight excluding hydrogens is 234 g/mol. The van der Waals surface area contributed by atoms with E-state index in [1.807, 2.05) is 0 Å². The first-order valence-electron chi connectivity index (χ1n) is 5.69. The average Bonchev–Trinajstić information content (AvgIpc) is 2.91. The van der Waals surface area contributed by atoms with Gasteiger partial charge in [0.1, 0.15) is 0 Å². The predicted molar refractivity (Wildman–Crippen MR) is 66.3 cm³/mol. The van der Waals surface area contributed by atoms with Crippen LogP contribution in [0.5, 0.6) is 0 Å². The molecule has 0 aliphatic heterocycles. The van der Waals surface area contributed by atoms with Crippen molar-refractivity contribution < 1.29 is 14.5 Å². The van der Waals surface area contributed by atoms with E-state index >= 15 is 0 Å². The van der Waals surface area contributed by atoms with Gasteiger partial charge in [-0.2, -0.15) is 0 Å². The van der Waals surface area contributed by atoms with Crippen LogP contribution >= 0.6 is 0 Å². The normalized spacial score (nSPS) is 14.2. The van der Waals surface area contributed by atoms with Gasteiger partial charge >= 0.3 is 5.97 Å². The molecule has 0 radical (unpaired) electrons. The number of methoxy groups -OCH3 is 1. The number of hydrogen-bond donors (Lipinski definition) is 0. The molecule has 0 heterocycles. The summed E-state index contributed by atoms with van der Waals surface area (Å²) in [6.45, 7) is 0. The van der Waals surface area contributed by atoms with Crippen LogP contribution in [-0.2, 0) is 4.74 Å². The molecule has 0 fully saturated rings. The number of nitro groups is 1. The minimum absolute atomic E-state index is 0.0827. The van der Waals surface area contributed by atoms with Crippen molar-refractivity contribution in [2.24, 2.45) is 0 Å². The number of carbonyl (C=O) groups excluding carboxylic acids is 1. The zero-order valence-corrected chi connectivity index (χ0v) is 10.0. The zero-order valence-electron chi connectivity index (χ0n) is 10.0. The van der Waals surface area contributed by atoms with Gasteiger partial charge in [-0.15, -0.1) is 0 Å². The summed E-state index contributed by atoms with van der Waals surface area (Å²) in [4.78, 5) is 21.9. The molecule has 1 aromatic rings. The maximum absolute atomic E-state index is 11.5. The molecule has 0 saturated carbocycles. The molecule has 0 N–H and O–H groups in total. The molecule has 1 aliphatic carbocycles. The second-order valence-electron chi connectivity index (χ2n) is 4.14. The number of non-ortho nitro benzene ring substituents is 1. The summed E-state index contributed by atoms with van der Waals surface area (Å²) < 4.78 is 4.61. The first-order valence-corrected chi connectivity index (χ1v) is 5.69. The number of nitro benzene ring substituents is 1. The lowest BCUT2D eigenvalue weighted by molar-refractivity contribution is -0.384. The number of carbonyl (C=O) groups is 1. The van der Waals surface area contributed by atoms with E-state index < -0.39 is 10.9 Å². The number of nitrogens with zero attached hydrogens (tertiary/aromatic N) is 1. The Hall–Kier alpha value is -2.17. The molecule has 0 unspecified atom stereocenters. The Labute approximate surface area is 104 Å². The highest BCUT2D eigenvalue weighted by molar-refractivity contribution is 5.91. The molecule has 5 heteroatoms. The second-order valence-corrected chi connectivity index (χ2v) is 4.14. The molecule has 0 amide bonds. The minimum Gasteiger partial charge on any atom is -0.465 e. The van der Waals surface area contributed by atoms with E-state index in [2.05, 4.69) is 10.8 Å². The van der Waals surface area contributed by atoms with Gasteiger partial charge in [0.2, 0.25) is 0 Å². The van der Waals surface area contributed by atoms with Crippen molar-refractivity contribution >= 4 is 17.2 Å². The highest BCUT2D eigenvalue weighted by atomic mass is 16.6. The van der Waals surface area contributed by atoms with Crippen molar-refractivity contribution in [1.29, 1.82) is 0 Å². The third-order valence-electron chi connectivity index (χ3n) is 2.96. The van der Waals surface area contributed by atoms with Gasteiger partial charge in [0.05, 0.1) is 17.6 Å². The van der Waals surface area contributed by atoms with E-state index in [4.69, 9.17) is 0 Å². The Morgan fingerprint density at radius 1 is 1.39 bits per heavy atom. The SMILES string of the molecule is COC(=O)c1cc(C2=CCCC2)cc([N+](=O)[O-])c1. The molecule has 0 saturated heterocycles. The Balaban J connectivity index is 2.49. The third kappa shape index (κ3) is 2.40. The largest absolute Gasteiger partial charge is 0.465 e. The number of ether oxygens (including phenoxy) is 1. The fourth-order valence-electron chi connectivity index (χ4n) is 2.07. The molecule has 0 aromatic heterocycles. The molecule has 0 atom stereocenters. The van der Waals surface area contributed by atoms with Crippen LogP contribution in [0, 0.1) is 10.1 Å². The first-order chi connectivity index (χ1) is 8.61. The molecule has 94 valence electrons. The predicted octanol–water partition coefficient (Wildman–Crippen LogP) is 2.95. The Kier molecular flexibility index (Phi) is 3.41. The van der Waals surface area contributed by atoms with Crippen molar-refractivity contribution in [3.05, 3.63) is 45.5 Å². The van der Waals surface area contributed by atoms with Crippen LogP contribution in [0.25, 0.3) is 5.57 Å². The summed E-state index contributed by atoms with van der Waals surface area (Å²) in [5, 5.41) is 10.9. The van der Waals surface area contributed by atoms with Gasteiger partial charge in [-0.25, -0.2) is 4.79 Å². The standard InChI is InChI=1S/C13H13NO4/c1-18-13(15)11-6-10(9-4-2-3-5-9)7-12(8-11)14(16)17/h4,6-8H,2-3,5H2,1H3. The van der Waals surface area contributed by atoms with Crippen LogP contribution in [0.2, 0.25) is 0 Å². The van der Waals surface area contributed by atoms with Gasteiger partial charge in [-0.05, 0) is 36.5 Å². The molecule has 5 nitrogen and oxygen atoms in total. The first kappa shape index (κ1) is 12.3. The van der Waals surface area contributed by atoms with Crippen LogP contribution in [0.1, 0.15) is 35.2 Å². The van der Waals surface area contributed by atoms with E-state index in [1.165, 1.54) is 19.2 Å². The number of allylic oxidation sites excluding steroid dienone is 2. The van der Waals surface area contributed by atoms with Crippen molar-refractivity contribution in [2.45, 2.75) is 19.3 Å². The van der Waals surface area contributed by atoms with E-state index in [0.717, 1.165) is 30.4 Å². The maximum Gasteiger partial charge on any atom is 0.338 e. The third-order valence-corrected chi connectivity index (χ3v) is 2.96. The number of benzene rings is 1. The van der Waals surface area contributed by atoms with Crippen LogP contribution in [0.3, 0.4) is 0 Å². The topological polar surface area (TPSA) is 69.4 Å². The van der Waals surface area contributed by atoms with Gasteiger partial charge in [0, 0.05) is 12.1 Å². The quantitative estimate of drug-likeness (QED) is 0.467. The Bertz CT molecular complexity index is 534. The van der Waals surface area contributed by atoms with E-state index in [1.54, 1.807) is 6.07 Å². The van der Waals surface area contributed by atoms with Gasteiger partial charge in [0.15, 0.2) is 0 Å². The van der Waals surface area contributed by atoms with Crippen molar-refractivity contribution in [1.82, 2.24) is 0 Å². The smallest absolute Gasteiger partial charge is 0.338 e. The average molecular weight is 247 g/mol. The number of rotatable bonds is 3. The molecule has 1 aliphatic rings. The lowest BCUT2D eigenvalue weighted by Crippen LogP contribution is -2.03. The highest BCUT2D eigenvalue weighted by Crippen LogP contribution is 2.30. The summed E-state index contributed by atoms with van der Waals surface area (Å²) in [6, 6.07) is 4.39. The zero-order chi connectivity index (χ0) is 13.1. The summed E-state index contributed by atoms with van der Waals surface area (Å²) in [5.41, 5.74) is 1.93. The lowest BCUT2D eigenvalue weighted by atomic mass is 10.0. The van der Waals surface area contributed by atoms with Crippen LogP contribution in [0.4, 0.5) is 5.69 Å². The van der Waals surface area contributed by atoms with Gasteiger partial charge in [-0.1, -0.05) is 6.08 Å². The van der Waals surface area contributed by atoms with Crippen LogP contribution in [-0.4, -0.2) is 18.0 Å². The number of hydrogen-bond acceptors (Lipinski definition) is 4. The summed E-state index contributed by atoms with van der Waals surface area (Å²) in [5.74, 6) is -0.557. The van der Waals surface area contributed by atoms with Gasteiger partial charge < -0.3 is 4.74 Å². The molecular formula is C13H13NO4. The fourth-order valence-corrected chi connectivity index (χ4v) is 2.07. The van der Waals surface area contributed by atoms with E-state index in [0.29, 0.717) is 0 Å². The monoisotopic (exact) mass is 247 g/mol. The fraction of sp³-hybridized carbons (Fsp3) is 0.308. The van der Waals surface area contributed by atoms with Crippen LogP contribution < -0.4 is 0 Å². The molecule has 0 bridgehead atoms. The van der Waals surface area contributed by atoms with Crippen molar-refractivity contribution in [2.75, 3.05) is 7.11 Å². The molecule has 2 rings (SSSR count). The summed E-state index contributed by atoms with van der Waals surface area (Å²) >= 11 is 0.